The standard InChI is InChI=1S/C17H17FN2O5/c1-17(11-4-5-11)15(23)20(16(24)19-17)8-14(22)25-9-13(21)10-2-6-12(18)7-3-10/h2-3,6-7,11H,4-5,8-9H2,1H3,(H,19,24)/t17-/m0/s1. The zero-order valence-corrected chi connectivity index (χ0v) is 13.6. The van der Waals surface area contributed by atoms with Crippen molar-refractivity contribution >= 4 is 23.7 Å². The van der Waals surface area contributed by atoms with Gasteiger partial charge in [-0.15, -0.1) is 0 Å². The van der Waals surface area contributed by atoms with Gasteiger partial charge >= 0.3 is 12.0 Å². The van der Waals surface area contributed by atoms with Crippen LogP contribution in [0, 0.1) is 11.7 Å². The molecule has 1 atom stereocenters. The van der Waals surface area contributed by atoms with Crippen LogP contribution in [0.25, 0.3) is 0 Å². The quantitative estimate of drug-likeness (QED) is 0.475. The molecule has 0 radical (unpaired) electrons. The molecule has 0 unspecified atom stereocenters. The molecule has 0 bridgehead atoms. The van der Waals surface area contributed by atoms with Gasteiger partial charge in [0.1, 0.15) is 17.9 Å². The summed E-state index contributed by atoms with van der Waals surface area (Å²) in [6, 6.07) is 4.18. The van der Waals surface area contributed by atoms with Crippen LogP contribution in [-0.4, -0.2) is 47.3 Å². The Labute approximate surface area is 143 Å². The second-order valence-electron chi connectivity index (χ2n) is 6.39. The van der Waals surface area contributed by atoms with Crippen LogP contribution in [0.1, 0.15) is 30.1 Å². The van der Waals surface area contributed by atoms with E-state index in [1.165, 1.54) is 12.1 Å². The number of ketones is 1. The number of imide groups is 1. The Morgan fingerprint density at radius 3 is 2.52 bits per heavy atom. The van der Waals surface area contributed by atoms with E-state index < -0.39 is 48.2 Å². The van der Waals surface area contributed by atoms with E-state index in [1.807, 2.05) is 0 Å². The highest BCUT2D eigenvalue weighted by atomic mass is 19.1. The van der Waals surface area contributed by atoms with Crippen molar-refractivity contribution in [2.24, 2.45) is 5.92 Å². The number of hydrogen-bond donors (Lipinski definition) is 1. The maximum atomic E-state index is 12.8. The summed E-state index contributed by atoms with van der Waals surface area (Å²) in [7, 11) is 0. The van der Waals surface area contributed by atoms with Gasteiger partial charge in [0.2, 0.25) is 0 Å². The van der Waals surface area contributed by atoms with Crippen molar-refractivity contribution in [1.29, 1.82) is 0 Å². The molecule has 132 valence electrons. The summed E-state index contributed by atoms with van der Waals surface area (Å²) in [5, 5.41) is 2.62. The maximum Gasteiger partial charge on any atom is 0.326 e. The lowest BCUT2D eigenvalue weighted by Crippen LogP contribution is -2.46. The maximum absolute atomic E-state index is 12.8. The van der Waals surface area contributed by atoms with Crippen LogP contribution in [0.2, 0.25) is 0 Å². The average Bonchev–Trinajstić information content (AvgIpc) is 3.39. The Morgan fingerprint density at radius 2 is 1.92 bits per heavy atom. The molecule has 1 saturated carbocycles. The Hall–Kier alpha value is -2.77. The molecular weight excluding hydrogens is 331 g/mol. The van der Waals surface area contributed by atoms with Gasteiger partial charge in [-0.05, 0) is 49.9 Å². The molecule has 2 aliphatic rings. The molecule has 2 fully saturated rings. The SMILES string of the molecule is C[C@@]1(C2CC2)NC(=O)N(CC(=O)OCC(=O)c2ccc(F)cc2)C1=O. The normalized spacial score (nSPS) is 22.7. The molecule has 0 aromatic heterocycles. The van der Waals surface area contributed by atoms with E-state index in [2.05, 4.69) is 5.32 Å². The van der Waals surface area contributed by atoms with Crippen molar-refractivity contribution in [3.63, 3.8) is 0 Å². The monoisotopic (exact) mass is 348 g/mol. The molecule has 3 rings (SSSR count). The smallest absolute Gasteiger partial charge is 0.326 e. The Balaban J connectivity index is 1.54. The van der Waals surface area contributed by atoms with Gasteiger partial charge in [0.25, 0.3) is 5.91 Å². The Kier molecular flexibility index (Phi) is 4.28. The van der Waals surface area contributed by atoms with Gasteiger partial charge in [-0.3, -0.25) is 19.3 Å². The van der Waals surface area contributed by atoms with Crippen molar-refractivity contribution in [1.82, 2.24) is 10.2 Å². The van der Waals surface area contributed by atoms with Gasteiger partial charge in [0.15, 0.2) is 12.4 Å². The Bertz CT molecular complexity index is 744. The van der Waals surface area contributed by atoms with Crippen LogP contribution < -0.4 is 5.32 Å². The molecule has 1 heterocycles. The highest BCUT2D eigenvalue weighted by molar-refractivity contribution is 6.09. The molecule has 8 heteroatoms. The number of urea groups is 1. The van der Waals surface area contributed by atoms with E-state index in [1.54, 1.807) is 6.92 Å². The third-order valence-corrected chi connectivity index (χ3v) is 4.51. The van der Waals surface area contributed by atoms with Gasteiger partial charge in [-0.1, -0.05) is 0 Å². The molecule has 1 aromatic rings. The fourth-order valence-electron chi connectivity index (χ4n) is 2.84. The molecule has 25 heavy (non-hydrogen) atoms. The van der Waals surface area contributed by atoms with Gasteiger partial charge in [0, 0.05) is 5.56 Å². The minimum Gasteiger partial charge on any atom is -0.456 e. The topological polar surface area (TPSA) is 92.8 Å². The van der Waals surface area contributed by atoms with Crippen molar-refractivity contribution in [2.45, 2.75) is 25.3 Å². The fourth-order valence-corrected chi connectivity index (χ4v) is 2.84. The van der Waals surface area contributed by atoms with Gasteiger partial charge in [-0.25, -0.2) is 9.18 Å². The van der Waals surface area contributed by atoms with Gasteiger partial charge in [0.05, 0.1) is 0 Å². The average molecular weight is 348 g/mol. The van der Waals surface area contributed by atoms with Crippen LogP contribution >= 0.6 is 0 Å². The van der Waals surface area contributed by atoms with E-state index in [9.17, 15) is 23.6 Å². The number of ether oxygens (including phenoxy) is 1. The number of esters is 1. The first-order valence-corrected chi connectivity index (χ1v) is 7.90. The first kappa shape index (κ1) is 17.1. The molecule has 1 aliphatic heterocycles. The summed E-state index contributed by atoms with van der Waals surface area (Å²) in [6.45, 7) is 0.548. The summed E-state index contributed by atoms with van der Waals surface area (Å²) in [4.78, 5) is 48.9. The van der Waals surface area contributed by atoms with Crippen molar-refractivity contribution < 1.29 is 28.3 Å². The predicted octanol–water partition coefficient (Wildman–Crippen LogP) is 1.27. The summed E-state index contributed by atoms with van der Waals surface area (Å²) in [5.41, 5.74) is -0.771. The number of hydrogen-bond acceptors (Lipinski definition) is 5. The molecule has 1 N–H and O–H groups in total. The lowest BCUT2D eigenvalue weighted by atomic mass is 9.96. The number of rotatable bonds is 6. The van der Waals surface area contributed by atoms with E-state index in [0.29, 0.717) is 0 Å². The van der Waals surface area contributed by atoms with Crippen LogP contribution in [-0.2, 0) is 14.3 Å². The number of nitrogens with one attached hydrogen (secondary N) is 1. The second-order valence-corrected chi connectivity index (χ2v) is 6.39. The van der Waals surface area contributed by atoms with E-state index >= 15 is 0 Å². The fraction of sp³-hybridized carbons (Fsp3) is 0.412. The summed E-state index contributed by atoms with van der Waals surface area (Å²) < 4.78 is 17.7. The number of carbonyl (C=O) groups is 4. The van der Waals surface area contributed by atoms with Crippen LogP contribution in [0.5, 0.6) is 0 Å². The Morgan fingerprint density at radius 1 is 1.28 bits per heavy atom. The second kappa shape index (κ2) is 6.27. The highest BCUT2D eigenvalue weighted by Gasteiger charge is 2.56. The van der Waals surface area contributed by atoms with Crippen LogP contribution in [0.15, 0.2) is 24.3 Å². The molecule has 1 saturated heterocycles. The van der Waals surface area contributed by atoms with Crippen molar-refractivity contribution in [3.05, 3.63) is 35.6 Å². The lowest BCUT2D eigenvalue weighted by Gasteiger charge is -2.20. The number of halogens is 1. The van der Waals surface area contributed by atoms with E-state index in [4.69, 9.17) is 4.74 Å². The first-order valence-electron chi connectivity index (χ1n) is 7.90. The number of Topliss-reactive ketones (excluding diaryl/α,β-unsaturated/α-hetero) is 1. The third kappa shape index (κ3) is 3.38. The first-order chi connectivity index (χ1) is 11.8. The minimum atomic E-state index is -0.971. The molecule has 3 amide bonds. The molecular formula is C17H17FN2O5. The predicted molar refractivity (Wildman–Crippen MR) is 83.1 cm³/mol. The summed E-state index contributed by atoms with van der Waals surface area (Å²) >= 11 is 0. The molecule has 1 aromatic carbocycles. The van der Waals surface area contributed by atoms with Crippen LogP contribution in [0.4, 0.5) is 9.18 Å². The van der Waals surface area contributed by atoms with Crippen molar-refractivity contribution in [3.8, 4) is 0 Å². The van der Waals surface area contributed by atoms with E-state index in [-0.39, 0.29) is 11.5 Å². The minimum absolute atomic E-state index is 0.0880. The number of carbonyl (C=O) groups excluding carboxylic acids is 4. The zero-order valence-electron chi connectivity index (χ0n) is 13.6. The van der Waals surface area contributed by atoms with Gasteiger partial charge < -0.3 is 10.1 Å². The number of amides is 3. The van der Waals surface area contributed by atoms with Gasteiger partial charge in [-0.2, -0.15) is 0 Å². The lowest BCUT2D eigenvalue weighted by molar-refractivity contribution is -0.146. The number of nitrogens with zero attached hydrogens (tertiary/aromatic N) is 1. The summed E-state index contributed by atoms with van der Waals surface area (Å²) in [5.74, 6) is -2.22. The van der Waals surface area contributed by atoms with E-state index in [0.717, 1.165) is 29.9 Å². The largest absolute Gasteiger partial charge is 0.456 e. The highest BCUT2D eigenvalue weighted by Crippen LogP contribution is 2.42. The molecule has 7 nitrogen and oxygen atoms in total. The third-order valence-electron chi connectivity index (χ3n) is 4.51. The van der Waals surface area contributed by atoms with Crippen LogP contribution in [0.3, 0.4) is 0 Å². The van der Waals surface area contributed by atoms with Crippen molar-refractivity contribution in [2.75, 3.05) is 13.2 Å². The molecule has 0 spiro atoms. The zero-order chi connectivity index (χ0) is 18.2. The summed E-state index contributed by atoms with van der Waals surface area (Å²) in [6.07, 6.45) is 1.71. The molecule has 1 aliphatic carbocycles. The number of benzene rings is 1.